The molecular formula is C13H14F3N5O. The van der Waals surface area contributed by atoms with E-state index in [1.165, 1.54) is 6.33 Å². The van der Waals surface area contributed by atoms with Gasteiger partial charge >= 0.3 is 12.2 Å². The van der Waals surface area contributed by atoms with Crippen LogP contribution in [0.1, 0.15) is 18.5 Å². The van der Waals surface area contributed by atoms with Gasteiger partial charge in [0.25, 0.3) is 0 Å². The zero-order valence-corrected chi connectivity index (χ0v) is 11.6. The lowest BCUT2D eigenvalue weighted by molar-refractivity contribution is -0.122. The first kappa shape index (κ1) is 15.8. The van der Waals surface area contributed by atoms with Crippen LogP contribution in [0.2, 0.25) is 0 Å². The van der Waals surface area contributed by atoms with Crippen LogP contribution in [0.4, 0.5) is 18.0 Å². The number of carbonyl (C=O) groups is 1. The molecule has 1 aromatic heterocycles. The molecular weight excluding hydrogens is 299 g/mol. The van der Waals surface area contributed by atoms with Crippen molar-refractivity contribution in [1.29, 1.82) is 0 Å². The van der Waals surface area contributed by atoms with Crippen LogP contribution in [0.25, 0.3) is 5.69 Å². The summed E-state index contributed by atoms with van der Waals surface area (Å²) in [7, 11) is 0. The van der Waals surface area contributed by atoms with Gasteiger partial charge in [-0.2, -0.15) is 18.3 Å². The van der Waals surface area contributed by atoms with E-state index in [1.807, 2.05) is 0 Å². The Balaban J connectivity index is 1.92. The van der Waals surface area contributed by atoms with Gasteiger partial charge in [-0.25, -0.2) is 14.5 Å². The highest BCUT2D eigenvalue weighted by atomic mass is 19.4. The van der Waals surface area contributed by atoms with E-state index < -0.39 is 24.8 Å². The fourth-order valence-corrected chi connectivity index (χ4v) is 1.77. The second kappa shape index (κ2) is 6.46. The van der Waals surface area contributed by atoms with Crippen molar-refractivity contribution in [2.24, 2.45) is 0 Å². The molecule has 0 saturated heterocycles. The van der Waals surface area contributed by atoms with Crippen LogP contribution >= 0.6 is 0 Å². The van der Waals surface area contributed by atoms with E-state index in [-0.39, 0.29) is 0 Å². The number of nitrogens with zero attached hydrogens (tertiary/aromatic N) is 3. The minimum atomic E-state index is -4.43. The van der Waals surface area contributed by atoms with Crippen LogP contribution in [0.3, 0.4) is 0 Å². The van der Waals surface area contributed by atoms with Crippen molar-refractivity contribution in [3.05, 3.63) is 42.5 Å². The second-order valence-electron chi connectivity index (χ2n) is 4.60. The Morgan fingerprint density at radius 2 is 2.00 bits per heavy atom. The number of aromatic nitrogens is 3. The van der Waals surface area contributed by atoms with Gasteiger partial charge in [-0.1, -0.05) is 12.1 Å². The minimum Gasteiger partial charge on any atom is -0.332 e. The van der Waals surface area contributed by atoms with Gasteiger partial charge in [0.2, 0.25) is 0 Å². The third kappa shape index (κ3) is 4.47. The van der Waals surface area contributed by atoms with Crippen LogP contribution in [0.5, 0.6) is 0 Å². The Labute approximate surface area is 124 Å². The number of alkyl halides is 3. The molecule has 0 spiro atoms. The Morgan fingerprint density at radius 3 is 2.55 bits per heavy atom. The molecule has 0 aliphatic carbocycles. The topological polar surface area (TPSA) is 71.8 Å². The molecule has 1 heterocycles. The van der Waals surface area contributed by atoms with Gasteiger partial charge in [-0.3, -0.25) is 0 Å². The first-order valence-corrected chi connectivity index (χ1v) is 6.41. The summed E-state index contributed by atoms with van der Waals surface area (Å²) >= 11 is 0. The molecule has 1 atom stereocenters. The predicted octanol–water partition coefficient (Wildman–Crippen LogP) is 2.19. The molecule has 0 fully saturated rings. The highest BCUT2D eigenvalue weighted by Gasteiger charge is 2.27. The average molecular weight is 313 g/mol. The van der Waals surface area contributed by atoms with Gasteiger partial charge in [0.1, 0.15) is 19.2 Å². The van der Waals surface area contributed by atoms with Crippen molar-refractivity contribution >= 4 is 6.03 Å². The van der Waals surface area contributed by atoms with Crippen molar-refractivity contribution in [3.63, 3.8) is 0 Å². The number of nitrogens with one attached hydrogen (secondary N) is 2. The summed E-state index contributed by atoms with van der Waals surface area (Å²) in [4.78, 5) is 15.2. The summed E-state index contributed by atoms with van der Waals surface area (Å²) in [5, 5.41) is 8.17. The van der Waals surface area contributed by atoms with Crippen LogP contribution in [0, 0.1) is 0 Å². The maximum atomic E-state index is 12.0. The van der Waals surface area contributed by atoms with Gasteiger partial charge in [-0.15, -0.1) is 0 Å². The van der Waals surface area contributed by atoms with E-state index in [0.29, 0.717) is 0 Å². The quantitative estimate of drug-likeness (QED) is 0.909. The maximum absolute atomic E-state index is 12.0. The fraction of sp³-hybridized carbons (Fsp3) is 0.308. The minimum absolute atomic E-state index is 0.432. The number of carbonyl (C=O) groups excluding carboxylic acids is 1. The standard InChI is InChI=1S/C13H14F3N5O/c1-9(20-12(22)18-6-13(14,15)16)10-2-4-11(5-3-10)21-8-17-7-19-21/h2-5,7-9H,6H2,1H3,(H2,18,20,22). The zero-order chi connectivity index (χ0) is 16.2. The van der Waals surface area contributed by atoms with Crippen molar-refractivity contribution in [1.82, 2.24) is 25.4 Å². The largest absolute Gasteiger partial charge is 0.405 e. The number of hydrogen-bond donors (Lipinski definition) is 2. The number of hydrogen-bond acceptors (Lipinski definition) is 3. The van der Waals surface area contributed by atoms with Gasteiger partial charge in [0, 0.05) is 0 Å². The zero-order valence-electron chi connectivity index (χ0n) is 11.6. The number of rotatable bonds is 4. The van der Waals surface area contributed by atoms with Crippen molar-refractivity contribution < 1.29 is 18.0 Å². The molecule has 0 aliphatic rings. The monoisotopic (exact) mass is 313 g/mol. The molecule has 2 amide bonds. The highest BCUT2D eigenvalue weighted by molar-refractivity contribution is 5.74. The van der Waals surface area contributed by atoms with Gasteiger partial charge in [0.05, 0.1) is 11.7 Å². The Hall–Kier alpha value is -2.58. The van der Waals surface area contributed by atoms with Gasteiger partial charge < -0.3 is 10.6 Å². The van der Waals surface area contributed by atoms with Crippen LogP contribution in [-0.2, 0) is 0 Å². The molecule has 0 saturated carbocycles. The lowest BCUT2D eigenvalue weighted by Crippen LogP contribution is -2.41. The van der Waals surface area contributed by atoms with Crippen molar-refractivity contribution in [3.8, 4) is 5.69 Å². The van der Waals surface area contributed by atoms with Gasteiger partial charge in [0.15, 0.2) is 0 Å². The van der Waals surface area contributed by atoms with E-state index in [4.69, 9.17) is 0 Å². The lowest BCUT2D eigenvalue weighted by atomic mass is 10.1. The number of amides is 2. The molecule has 0 radical (unpaired) electrons. The Kier molecular flexibility index (Phi) is 4.64. The normalized spacial score (nSPS) is 12.7. The molecule has 2 N–H and O–H groups in total. The maximum Gasteiger partial charge on any atom is 0.405 e. The first-order chi connectivity index (χ1) is 10.3. The summed E-state index contributed by atoms with van der Waals surface area (Å²) in [6.07, 6.45) is -1.48. The summed E-state index contributed by atoms with van der Waals surface area (Å²) in [5.41, 5.74) is 1.54. The summed E-state index contributed by atoms with van der Waals surface area (Å²) < 4.78 is 37.6. The SMILES string of the molecule is CC(NC(=O)NCC(F)(F)F)c1ccc(-n2cncn2)cc1. The molecule has 6 nitrogen and oxygen atoms in total. The number of urea groups is 1. The molecule has 0 aliphatic heterocycles. The Bertz CT molecular complexity index is 610. The molecule has 1 aromatic carbocycles. The second-order valence-corrected chi connectivity index (χ2v) is 4.60. The fourth-order valence-electron chi connectivity index (χ4n) is 1.77. The average Bonchev–Trinajstić information content (AvgIpc) is 2.99. The Morgan fingerprint density at radius 1 is 1.32 bits per heavy atom. The molecule has 2 rings (SSSR count). The molecule has 2 aromatic rings. The molecule has 22 heavy (non-hydrogen) atoms. The summed E-state index contributed by atoms with van der Waals surface area (Å²) in [6, 6.07) is 5.76. The predicted molar refractivity (Wildman–Crippen MR) is 72.4 cm³/mol. The van der Waals surface area contributed by atoms with Crippen LogP contribution in [0.15, 0.2) is 36.9 Å². The van der Waals surface area contributed by atoms with E-state index in [2.05, 4.69) is 15.4 Å². The number of benzene rings is 1. The molecule has 0 bridgehead atoms. The van der Waals surface area contributed by atoms with E-state index in [1.54, 1.807) is 47.5 Å². The van der Waals surface area contributed by atoms with E-state index >= 15 is 0 Å². The molecule has 1 unspecified atom stereocenters. The smallest absolute Gasteiger partial charge is 0.332 e. The van der Waals surface area contributed by atoms with E-state index in [0.717, 1.165) is 11.3 Å². The first-order valence-electron chi connectivity index (χ1n) is 6.41. The summed E-state index contributed by atoms with van der Waals surface area (Å²) in [6.45, 7) is 0.314. The molecule has 9 heteroatoms. The molecule has 118 valence electrons. The van der Waals surface area contributed by atoms with Gasteiger partial charge in [-0.05, 0) is 24.6 Å². The van der Waals surface area contributed by atoms with Crippen molar-refractivity contribution in [2.45, 2.75) is 19.1 Å². The van der Waals surface area contributed by atoms with Crippen LogP contribution in [-0.4, -0.2) is 33.5 Å². The summed E-state index contributed by atoms with van der Waals surface area (Å²) in [5.74, 6) is 0. The third-order valence-electron chi connectivity index (χ3n) is 2.87. The van der Waals surface area contributed by atoms with Crippen molar-refractivity contribution in [2.75, 3.05) is 6.54 Å². The highest BCUT2D eigenvalue weighted by Crippen LogP contribution is 2.15. The van der Waals surface area contributed by atoms with E-state index in [9.17, 15) is 18.0 Å². The lowest BCUT2D eigenvalue weighted by Gasteiger charge is -2.16. The van der Waals surface area contributed by atoms with Crippen LogP contribution < -0.4 is 10.6 Å². The number of halogens is 3. The third-order valence-corrected chi connectivity index (χ3v) is 2.87.